The lowest BCUT2D eigenvalue weighted by Gasteiger charge is -2.25. The lowest BCUT2D eigenvalue weighted by Crippen LogP contribution is -2.35. The summed E-state index contributed by atoms with van der Waals surface area (Å²) in [5.74, 6) is -0.541. The fourth-order valence-electron chi connectivity index (χ4n) is 2.15. The molecule has 0 aromatic carbocycles. The number of aliphatic hydroxyl groups excluding tert-OH is 1. The number of allylic oxidation sites excluding steroid dienone is 2. The third-order valence-corrected chi connectivity index (χ3v) is 3.21. The van der Waals surface area contributed by atoms with E-state index in [0.717, 1.165) is 12.8 Å². The smallest absolute Gasteiger partial charge is 0.163 e. The van der Waals surface area contributed by atoms with Crippen LogP contribution in [0.5, 0.6) is 0 Å². The second-order valence-corrected chi connectivity index (χ2v) is 5.62. The van der Waals surface area contributed by atoms with Gasteiger partial charge in [-0.3, -0.25) is 0 Å². The Hall–Kier alpha value is -0.640. The molecule has 0 aliphatic carbocycles. The van der Waals surface area contributed by atoms with Crippen molar-refractivity contribution in [2.75, 3.05) is 6.61 Å². The van der Waals surface area contributed by atoms with Gasteiger partial charge in [0.25, 0.3) is 0 Å². The molecule has 1 heterocycles. The van der Waals surface area contributed by atoms with Gasteiger partial charge in [-0.1, -0.05) is 17.7 Å². The molecule has 1 aliphatic heterocycles. The van der Waals surface area contributed by atoms with Gasteiger partial charge in [-0.2, -0.15) is 0 Å². The SMILES string of the molecule is C=C[C@H](CCC=C(C)C)[C@H](O)[C@H]1COC(C)(C)O1. The van der Waals surface area contributed by atoms with E-state index < -0.39 is 11.9 Å². The Bertz CT molecular complexity index is 303. The van der Waals surface area contributed by atoms with Gasteiger partial charge < -0.3 is 14.6 Å². The van der Waals surface area contributed by atoms with Gasteiger partial charge >= 0.3 is 0 Å². The molecule has 0 spiro atoms. The molecule has 1 aliphatic rings. The normalized spacial score (nSPS) is 25.5. The molecule has 0 saturated carbocycles. The number of hydrogen-bond acceptors (Lipinski definition) is 3. The Balaban J connectivity index is 2.49. The Morgan fingerprint density at radius 1 is 1.50 bits per heavy atom. The number of rotatable bonds is 6. The highest BCUT2D eigenvalue weighted by Crippen LogP contribution is 2.28. The number of aliphatic hydroxyl groups is 1. The van der Waals surface area contributed by atoms with Gasteiger partial charge in [0, 0.05) is 5.92 Å². The first kappa shape index (κ1) is 15.4. The zero-order valence-corrected chi connectivity index (χ0v) is 12.0. The molecule has 3 nitrogen and oxygen atoms in total. The maximum Gasteiger partial charge on any atom is 0.163 e. The van der Waals surface area contributed by atoms with Crippen LogP contribution >= 0.6 is 0 Å². The van der Waals surface area contributed by atoms with Crippen LogP contribution in [-0.2, 0) is 9.47 Å². The van der Waals surface area contributed by atoms with Gasteiger partial charge in [0.2, 0.25) is 0 Å². The molecule has 0 amide bonds. The van der Waals surface area contributed by atoms with E-state index in [-0.39, 0.29) is 12.0 Å². The van der Waals surface area contributed by atoms with Gasteiger partial charge in [0.05, 0.1) is 12.7 Å². The summed E-state index contributed by atoms with van der Waals surface area (Å²) in [7, 11) is 0. The second kappa shape index (κ2) is 6.50. The lowest BCUT2D eigenvalue weighted by atomic mass is 9.93. The summed E-state index contributed by atoms with van der Waals surface area (Å²) in [5.41, 5.74) is 1.30. The first-order chi connectivity index (χ1) is 8.35. The minimum atomic E-state index is -0.586. The largest absolute Gasteiger partial charge is 0.390 e. The summed E-state index contributed by atoms with van der Waals surface area (Å²) >= 11 is 0. The van der Waals surface area contributed by atoms with Crippen molar-refractivity contribution in [1.82, 2.24) is 0 Å². The van der Waals surface area contributed by atoms with Crippen molar-refractivity contribution in [3.8, 4) is 0 Å². The Morgan fingerprint density at radius 2 is 2.17 bits per heavy atom. The molecule has 0 radical (unpaired) electrons. The third kappa shape index (κ3) is 4.56. The van der Waals surface area contributed by atoms with Gasteiger partial charge in [-0.05, 0) is 40.5 Å². The summed E-state index contributed by atoms with van der Waals surface area (Å²) in [6, 6.07) is 0. The standard InChI is InChI=1S/C15H26O3/c1-6-12(9-7-8-11(2)3)14(16)13-10-17-15(4,5)18-13/h6,8,12-14,16H,1,7,9-10H2,2-5H3/t12-,13-,14+/m1/s1. The highest BCUT2D eigenvalue weighted by molar-refractivity contribution is 4.96. The van der Waals surface area contributed by atoms with Gasteiger partial charge in [0.1, 0.15) is 6.10 Å². The molecule has 1 saturated heterocycles. The van der Waals surface area contributed by atoms with E-state index in [4.69, 9.17) is 9.47 Å². The zero-order valence-electron chi connectivity index (χ0n) is 12.0. The molecular formula is C15H26O3. The minimum Gasteiger partial charge on any atom is -0.390 e. The summed E-state index contributed by atoms with van der Waals surface area (Å²) in [4.78, 5) is 0. The quantitative estimate of drug-likeness (QED) is 0.740. The first-order valence-electron chi connectivity index (χ1n) is 6.61. The van der Waals surface area contributed by atoms with Crippen molar-refractivity contribution in [2.24, 2.45) is 5.92 Å². The first-order valence-corrected chi connectivity index (χ1v) is 6.61. The number of hydrogen-bond donors (Lipinski definition) is 1. The Morgan fingerprint density at radius 3 is 2.61 bits per heavy atom. The average molecular weight is 254 g/mol. The maximum absolute atomic E-state index is 10.3. The van der Waals surface area contributed by atoms with Crippen LogP contribution in [0.15, 0.2) is 24.3 Å². The molecule has 3 heteroatoms. The van der Waals surface area contributed by atoms with E-state index >= 15 is 0 Å². The van der Waals surface area contributed by atoms with Crippen molar-refractivity contribution >= 4 is 0 Å². The van der Waals surface area contributed by atoms with Gasteiger partial charge in [-0.15, -0.1) is 6.58 Å². The molecule has 0 aromatic heterocycles. The minimum absolute atomic E-state index is 0.0445. The van der Waals surface area contributed by atoms with Crippen LogP contribution < -0.4 is 0 Å². The molecule has 3 atom stereocenters. The van der Waals surface area contributed by atoms with E-state index in [1.165, 1.54) is 5.57 Å². The Kier molecular flexibility index (Phi) is 5.57. The highest BCUT2D eigenvalue weighted by Gasteiger charge is 2.38. The fourth-order valence-corrected chi connectivity index (χ4v) is 2.15. The fraction of sp³-hybridized carbons (Fsp3) is 0.733. The molecular weight excluding hydrogens is 228 g/mol. The average Bonchev–Trinajstić information content (AvgIpc) is 2.64. The predicted octanol–water partition coefficient (Wildman–Crippen LogP) is 3.05. The van der Waals surface area contributed by atoms with Crippen molar-refractivity contribution in [3.05, 3.63) is 24.3 Å². The molecule has 1 fully saturated rings. The topological polar surface area (TPSA) is 38.7 Å². The van der Waals surface area contributed by atoms with E-state index in [1.807, 2.05) is 19.9 Å². The molecule has 1 N–H and O–H groups in total. The molecule has 104 valence electrons. The van der Waals surface area contributed by atoms with E-state index in [1.54, 1.807) is 0 Å². The van der Waals surface area contributed by atoms with E-state index in [0.29, 0.717) is 6.61 Å². The second-order valence-electron chi connectivity index (χ2n) is 5.62. The van der Waals surface area contributed by atoms with Crippen LogP contribution in [-0.4, -0.2) is 29.7 Å². The van der Waals surface area contributed by atoms with Crippen molar-refractivity contribution in [1.29, 1.82) is 0 Å². The summed E-state index contributed by atoms with van der Waals surface area (Å²) in [6.45, 7) is 12.1. The molecule has 0 aromatic rings. The van der Waals surface area contributed by atoms with Crippen LogP contribution in [0.1, 0.15) is 40.5 Å². The van der Waals surface area contributed by atoms with Crippen LogP contribution in [0.3, 0.4) is 0 Å². The number of ether oxygens (including phenoxy) is 2. The van der Waals surface area contributed by atoms with Crippen molar-refractivity contribution in [2.45, 2.75) is 58.5 Å². The van der Waals surface area contributed by atoms with Crippen molar-refractivity contribution < 1.29 is 14.6 Å². The summed E-state index contributed by atoms with van der Waals surface area (Å²) < 4.78 is 11.2. The summed E-state index contributed by atoms with van der Waals surface area (Å²) in [5, 5.41) is 10.3. The van der Waals surface area contributed by atoms with E-state index in [9.17, 15) is 5.11 Å². The molecule has 1 rings (SSSR count). The van der Waals surface area contributed by atoms with Crippen LogP contribution in [0.25, 0.3) is 0 Å². The third-order valence-electron chi connectivity index (χ3n) is 3.21. The van der Waals surface area contributed by atoms with Crippen LogP contribution in [0.2, 0.25) is 0 Å². The van der Waals surface area contributed by atoms with Gasteiger partial charge in [0.15, 0.2) is 5.79 Å². The molecule has 0 unspecified atom stereocenters. The molecule has 0 bridgehead atoms. The monoisotopic (exact) mass is 254 g/mol. The van der Waals surface area contributed by atoms with Crippen LogP contribution in [0, 0.1) is 5.92 Å². The van der Waals surface area contributed by atoms with Crippen LogP contribution in [0.4, 0.5) is 0 Å². The van der Waals surface area contributed by atoms with Gasteiger partial charge in [-0.25, -0.2) is 0 Å². The van der Waals surface area contributed by atoms with Crippen molar-refractivity contribution in [3.63, 3.8) is 0 Å². The van der Waals surface area contributed by atoms with E-state index in [2.05, 4.69) is 26.5 Å². The zero-order chi connectivity index (χ0) is 13.8. The highest BCUT2D eigenvalue weighted by atomic mass is 16.7. The summed E-state index contributed by atoms with van der Waals surface area (Å²) in [6.07, 6.45) is 5.03. The Labute approximate surface area is 110 Å². The molecule has 18 heavy (non-hydrogen) atoms. The predicted molar refractivity (Wildman–Crippen MR) is 73.3 cm³/mol. The maximum atomic E-state index is 10.3. The lowest BCUT2D eigenvalue weighted by molar-refractivity contribution is -0.154.